The lowest BCUT2D eigenvalue weighted by Gasteiger charge is -2.34. The zero-order valence-electron chi connectivity index (χ0n) is 15.6. The van der Waals surface area contributed by atoms with E-state index in [2.05, 4.69) is 5.32 Å². The van der Waals surface area contributed by atoms with Gasteiger partial charge in [-0.2, -0.15) is 0 Å². The number of hydrogen-bond acceptors (Lipinski definition) is 3. The molecule has 2 amide bonds. The minimum absolute atomic E-state index is 0.00477. The summed E-state index contributed by atoms with van der Waals surface area (Å²) in [6, 6.07) is 13.0. The first kappa shape index (κ1) is 18.2. The Kier molecular flexibility index (Phi) is 4.63. The SMILES string of the molecule is CC1CC1C(=O)Nc1ccc(C(=O)N2CCc3ccccc3C2C(=O)O)cc1. The van der Waals surface area contributed by atoms with Crippen molar-refractivity contribution in [1.29, 1.82) is 0 Å². The lowest BCUT2D eigenvalue weighted by molar-refractivity contribution is -0.143. The molecule has 2 aliphatic rings. The van der Waals surface area contributed by atoms with Crippen molar-refractivity contribution in [2.75, 3.05) is 11.9 Å². The van der Waals surface area contributed by atoms with E-state index < -0.39 is 12.0 Å². The van der Waals surface area contributed by atoms with Gasteiger partial charge in [0.1, 0.15) is 0 Å². The van der Waals surface area contributed by atoms with Crippen molar-refractivity contribution in [3.63, 3.8) is 0 Å². The number of hydrogen-bond donors (Lipinski definition) is 2. The summed E-state index contributed by atoms with van der Waals surface area (Å²) in [6.45, 7) is 2.40. The summed E-state index contributed by atoms with van der Waals surface area (Å²) in [4.78, 5) is 38.3. The largest absolute Gasteiger partial charge is 0.479 e. The Labute approximate surface area is 163 Å². The standard InChI is InChI=1S/C22H22N2O4/c1-13-12-18(13)20(25)23-16-8-6-15(7-9-16)21(26)24-11-10-14-4-2-3-5-17(14)19(24)22(27)28/h2-9,13,18-19H,10-12H2,1H3,(H,23,25)(H,27,28). The number of rotatable bonds is 4. The minimum atomic E-state index is -1.04. The van der Waals surface area contributed by atoms with Crippen molar-refractivity contribution in [1.82, 2.24) is 4.90 Å². The molecule has 1 saturated carbocycles. The van der Waals surface area contributed by atoms with E-state index in [1.165, 1.54) is 4.90 Å². The number of fused-ring (bicyclic) bond motifs is 1. The molecule has 4 rings (SSSR count). The van der Waals surface area contributed by atoms with Gasteiger partial charge in [-0.15, -0.1) is 0 Å². The van der Waals surface area contributed by atoms with Crippen LogP contribution in [0.5, 0.6) is 0 Å². The molecular weight excluding hydrogens is 356 g/mol. The molecule has 2 aromatic rings. The summed E-state index contributed by atoms with van der Waals surface area (Å²) >= 11 is 0. The monoisotopic (exact) mass is 378 g/mol. The predicted octanol–water partition coefficient (Wildman–Crippen LogP) is 3.11. The number of nitrogens with one attached hydrogen (secondary N) is 1. The van der Waals surface area contributed by atoms with Crippen LogP contribution in [-0.2, 0) is 16.0 Å². The molecule has 1 aliphatic carbocycles. The second kappa shape index (κ2) is 7.11. The number of benzene rings is 2. The number of anilines is 1. The molecule has 1 aliphatic heterocycles. The molecule has 6 heteroatoms. The van der Waals surface area contributed by atoms with E-state index >= 15 is 0 Å². The third kappa shape index (κ3) is 3.38. The quantitative estimate of drug-likeness (QED) is 0.856. The fraction of sp³-hybridized carbons (Fsp3) is 0.318. The molecule has 1 fully saturated rings. The van der Waals surface area contributed by atoms with E-state index in [4.69, 9.17) is 0 Å². The second-order valence-electron chi connectivity index (χ2n) is 7.57. The fourth-order valence-corrected chi connectivity index (χ4v) is 3.84. The second-order valence-corrected chi connectivity index (χ2v) is 7.57. The molecule has 6 nitrogen and oxygen atoms in total. The molecule has 0 aromatic heterocycles. The molecule has 3 unspecified atom stereocenters. The first-order valence-corrected chi connectivity index (χ1v) is 9.48. The number of carboxylic acid groups (broad SMARTS) is 1. The van der Waals surface area contributed by atoms with Crippen molar-refractivity contribution in [2.45, 2.75) is 25.8 Å². The smallest absolute Gasteiger partial charge is 0.331 e. The van der Waals surface area contributed by atoms with E-state index in [-0.39, 0.29) is 17.7 Å². The summed E-state index contributed by atoms with van der Waals surface area (Å²) in [5, 5.41) is 12.6. The van der Waals surface area contributed by atoms with E-state index in [1.54, 1.807) is 36.4 Å². The summed E-state index contributed by atoms with van der Waals surface area (Å²) in [6.07, 6.45) is 1.54. The Balaban J connectivity index is 1.52. The predicted molar refractivity (Wildman–Crippen MR) is 104 cm³/mol. The number of nitrogens with zero attached hydrogens (tertiary/aromatic N) is 1. The maximum Gasteiger partial charge on any atom is 0.331 e. The Hall–Kier alpha value is -3.15. The Bertz CT molecular complexity index is 938. The maximum absolute atomic E-state index is 13.0. The number of carboxylic acids is 1. The highest BCUT2D eigenvalue weighted by Crippen LogP contribution is 2.38. The highest BCUT2D eigenvalue weighted by Gasteiger charge is 2.39. The van der Waals surface area contributed by atoms with E-state index in [1.807, 2.05) is 19.1 Å². The van der Waals surface area contributed by atoms with E-state index in [9.17, 15) is 19.5 Å². The molecule has 0 spiro atoms. The fourth-order valence-electron chi connectivity index (χ4n) is 3.84. The van der Waals surface area contributed by atoms with Gasteiger partial charge >= 0.3 is 5.97 Å². The van der Waals surface area contributed by atoms with Crippen molar-refractivity contribution >= 4 is 23.5 Å². The molecule has 2 aromatic carbocycles. The lowest BCUT2D eigenvalue weighted by Crippen LogP contribution is -2.43. The molecule has 2 N–H and O–H groups in total. The van der Waals surface area contributed by atoms with Gasteiger partial charge in [0, 0.05) is 23.7 Å². The molecule has 0 bridgehead atoms. The summed E-state index contributed by atoms with van der Waals surface area (Å²) in [7, 11) is 0. The Morgan fingerprint density at radius 2 is 1.75 bits per heavy atom. The number of carbonyl (C=O) groups excluding carboxylic acids is 2. The van der Waals surface area contributed by atoms with Crippen LogP contribution >= 0.6 is 0 Å². The van der Waals surface area contributed by atoms with Gasteiger partial charge in [-0.05, 0) is 54.2 Å². The maximum atomic E-state index is 13.0. The van der Waals surface area contributed by atoms with Gasteiger partial charge in [0.05, 0.1) is 0 Å². The Morgan fingerprint density at radius 3 is 2.39 bits per heavy atom. The average Bonchev–Trinajstić information content (AvgIpc) is 3.43. The van der Waals surface area contributed by atoms with Crippen LogP contribution in [0.4, 0.5) is 5.69 Å². The van der Waals surface area contributed by atoms with Crippen LogP contribution in [-0.4, -0.2) is 34.3 Å². The molecule has 0 saturated heterocycles. The molecule has 0 radical (unpaired) electrons. The van der Waals surface area contributed by atoms with Crippen LogP contribution < -0.4 is 5.32 Å². The third-order valence-corrected chi connectivity index (χ3v) is 5.62. The van der Waals surface area contributed by atoms with Gasteiger partial charge in [-0.3, -0.25) is 9.59 Å². The van der Waals surface area contributed by atoms with Gasteiger partial charge in [0.15, 0.2) is 6.04 Å². The van der Waals surface area contributed by atoms with Gasteiger partial charge in [-0.25, -0.2) is 4.79 Å². The van der Waals surface area contributed by atoms with Gasteiger partial charge in [0.25, 0.3) is 5.91 Å². The van der Waals surface area contributed by atoms with Crippen molar-refractivity contribution in [3.8, 4) is 0 Å². The minimum Gasteiger partial charge on any atom is -0.479 e. The molecule has 1 heterocycles. The molecular formula is C22H22N2O4. The third-order valence-electron chi connectivity index (χ3n) is 5.62. The Morgan fingerprint density at radius 1 is 1.07 bits per heavy atom. The van der Waals surface area contributed by atoms with Gasteiger partial charge in [-0.1, -0.05) is 31.2 Å². The zero-order chi connectivity index (χ0) is 19.8. The highest BCUT2D eigenvalue weighted by molar-refractivity contribution is 5.98. The number of amides is 2. The van der Waals surface area contributed by atoms with Crippen molar-refractivity contribution in [2.24, 2.45) is 11.8 Å². The molecule has 144 valence electrons. The van der Waals surface area contributed by atoms with E-state index in [0.29, 0.717) is 35.7 Å². The number of carbonyl (C=O) groups is 3. The van der Waals surface area contributed by atoms with Crippen LogP contribution in [0.3, 0.4) is 0 Å². The average molecular weight is 378 g/mol. The highest BCUT2D eigenvalue weighted by atomic mass is 16.4. The zero-order valence-corrected chi connectivity index (χ0v) is 15.6. The van der Waals surface area contributed by atoms with Crippen LogP contribution in [0.1, 0.15) is 40.9 Å². The van der Waals surface area contributed by atoms with Crippen LogP contribution in [0.15, 0.2) is 48.5 Å². The summed E-state index contributed by atoms with van der Waals surface area (Å²) in [5.41, 5.74) is 2.67. The van der Waals surface area contributed by atoms with E-state index in [0.717, 1.165) is 12.0 Å². The summed E-state index contributed by atoms with van der Waals surface area (Å²) in [5.74, 6) is -0.856. The normalized spacial score (nSPS) is 22.9. The van der Waals surface area contributed by atoms with Gasteiger partial charge < -0.3 is 15.3 Å². The van der Waals surface area contributed by atoms with Gasteiger partial charge in [0.2, 0.25) is 5.91 Å². The van der Waals surface area contributed by atoms with Crippen molar-refractivity contribution < 1.29 is 19.5 Å². The molecule has 3 atom stereocenters. The summed E-state index contributed by atoms with van der Waals surface area (Å²) < 4.78 is 0. The lowest BCUT2D eigenvalue weighted by atomic mass is 9.92. The first-order chi connectivity index (χ1) is 13.5. The van der Waals surface area contributed by atoms with Crippen LogP contribution in [0, 0.1) is 11.8 Å². The van der Waals surface area contributed by atoms with Crippen molar-refractivity contribution in [3.05, 3.63) is 65.2 Å². The van der Waals surface area contributed by atoms with Crippen LogP contribution in [0.25, 0.3) is 0 Å². The first-order valence-electron chi connectivity index (χ1n) is 9.48. The van der Waals surface area contributed by atoms with Crippen LogP contribution in [0.2, 0.25) is 0 Å². The molecule has 28 heavy (non-hydrogen) atoms. The topological polar surface area (TPSA) is 86.7 Å². The number of aliphatic carboxylic acids is 1.